The lowest BCUT2D eigenvalue weighted by atomic mass is 10.1. The van der Waals surface area contributed by atoms with Crippen molar-refractivity contribution in [3.8, 4) is 0 Å². The maximum atomic E-state index is 13.8. The number of hydrogen-bond acceptors (Lipinski definition) is 2. The number of rotatable bonds is 2. The van der Waals surface area contributed by atoms with Gasteiger partial charge in [-0.25, -0.2) is 13.2 Å². The van der Waals surface area contributed by atoms with E-state index in [-0.39, 0.29) is 19.0 Å². The molecule has 2 heterocycles. The Morgan fingerprint density at radius 1 is 0.880 bits per heavy atom. The normalized spacial score (nSPS) is 15.2. The molecule has 2 amide bonds. The molecule has 0 saturated carbocycles. The predicted octanol–water partition coefficient (Wildman–Crippen LogP) is 2.42. The Labute approximate surface area is 142 Å². The molecule has 1 aromatic carbocycles. The third-order valence-corrected chi connectivity index (χ3v) is 4.18. The molecule has 1 fully saturated rings. The van der Waals surface area contributed by atoms with E-state index in [4.69, 9.17) is 0 Å². The molecule has 1 aromatic heterocycles. The van der Waals surface area contributed by atoms with Gasteiger partial charge in [0.2, 0.25) is 0 Å². The molecule has 0 bridgehead atoms. The van der Waals surface area contributed by atoms with Gasteiger partial charge in [-0.2, -0.15) is 0 Å². The largest absolute Gasteiger partial charge is 0.367 e. The van der Waals surface area contributed by atoms with Crippen LogP contribution in [-0.4, -0.2) is 52.8 Å². The molecule has 0 atom stereocenters. The smallest absolute Gasteiger partial charge is 0.257 e. The molecule has 25 heavy (non-hydrogen) atoms. The van der Waals surface area contributed by atoms with Crippen LogP contribution in [0.15, 0.2) is 30.6 Å². The lowest BCUT2D eigenvalue weighted by Gasteiger charge is -2.22. The van der Waals surface area contributed by atoms with Crippen molar-refractivity contribution < 1.29 is 22.8 Å². The molecule has 0 radical (unpaired) electrons. The Morgan fingerprint density at radius 3 is 2.20 bits per heavy atom. The third kappa shape index (κ3) is 3.38. The van der Waals surface area contributed by atoms with Crippen LogP contribution in [-0.2, 0) is 0 Å². The van der Waals surface area contributed by atoms with Crippen molar-refractivity contribution in [2.24, 2.45) is 0 Å². The van der Waals surface area contributed by atoms with Gasteiger partial charge in [0, 0.05) is 38.6 Å². The number of carbonyl (C=O) groups excluding carboxylic acids is 2. The number of benzene rings is 1. The molecule has 1 N–H and O–H groups in total. The minimum atomic E-state index is -1.66. The van der Waals surface area contributed by atoms with Crippen LogP contribution in [0.4, 0.5) is 13.2 Å². The van der Waals surface area contributed by atoms with Gasteiger partial charge in [-0.15, -0.1) is 0 Å². The van der Waals surface area contributed by atoms with E-state index in [2.05, 4.69) is 4.98 Å². The van der Waals surface area contributed by atoms with Crippen molar-refractivity contribution in [3.05, 3.63) is 59.2 Å². The van der Waals surface area contributed by atoms with Crippen molar-refractivity contribution in [3.63, 3.8) is 0 Å². The summed E-state index contributed by atoms with van der Waals surface area (Å²) >= 11 is 0. The molecular formula is C17H16F3N3O2. The molecule has 1 aliphatic heterocycles. The molecule has 0 spiro atoms. The fourth-order valence-electron chi connectivity index (χ4n) is 2.82. The number of nitrogens with zero attached hydrogens (tertiary/aromatic N) is 2. The van der Waals surface area contributed by atoms with Gasteiger partial charge in [0.1, 0.15) is 0 Å². The summed E-state index contributed by atoms with van der Waals surface area (Å²) in [4.78, 5) is 30.5. The van der Waals surface area contributed by atoms with Gasteiger partial charge < -0.3 is 14.8 Å². The van der Waals surface area contributed by atoms with Crippen LogP contribution in [0, 0.1) is 17.5 Å². The van der Waals surface area contributed by atoms with E-state index in [9.17, 15) is 22.8 Å². The molecular weight excluding hydrogens is 335 g/mol. The van der Waals surface area contributed by atoms with Crippen LogP contribution in [0.1, 0.15) is 27.1 Å². The van der Waals surface area contributed by atoms with Crippen molar-refractivity contribution in [2.75, 3.05) is 26.2 Å². The second-order valence-electron chi connectivity index (χ2n) is 5.76. The van der Waals surface area contributed by atoms with Crippen molar-refractivity contribution in [1.29, 1.82) is 0 Å². The van der Waals surface area contributed by atoms with Crippen LogP contribution in [0.3, 0.4) is 0 Å². The zero-order valence-electron chi connectivity index (χ0n) is 13.3. The van der Waals surface area contributed by atoms with Crippen LogP contribution in [0.5, 0.6) is 0 Å². The number of H-pyrrole nitrogens is 1. The summed E-state index contributed by atoms with van der Waals surface area (Å²) in [6.07, 6.45) is 3.74. The summed E-state index contributed by atoms with van der Waals surface area (Å²) in [6.45, 7) is 1.22. The average molecular weight is 351 g/mol. The highest BCUT2D eigenvalue weighted by Crippen LogP contribution is 2.18. The van der Waals surface area contributed by atoms with Crippen molar-refractivity contribution in [2.45, 2.75) is 6.42 Å². The zero-order chi connectivity index (χ0) is 18.0. The third-order valence-electron chi connectivity index (χ3n) is 4.18. The topological polar surface area (TPSA) is 56.4 Å². The van der Waals surface area contributed by atoms with Gasteiger partial charge in [0.15, 0.2) is 17.5 Å². The van der Waals surface area contributed by atoms with Gasteiger partial charge >= 0.3 is 0 Å². The van der Waals surface area contributed by atoms with Gasteiger partial charge in [0.25, 0.3) is 11.8 Å². The van der Waals surface area contributed by atoms with Gasteiger partial charge in [-0.05, 0) is 24.6 Å². The lowest BCUT2D eigenvalue weighted by Crippen LogP contribution is -2.37. The number of halogens is 3. The second-order valence-corrected chi connectivity index (χ2v) is 5.76. The highest BCUT2D eigenvalue weighted by molar-refractivity contribution is 5.95. The number of amides is 2. The van der Waals surface area contributed by atoms with Crippen molar-refractivity contribution in [1.82, 2.24) is 14.8 Å². The van der Waals surface area contributed by atoms with Crippen LogP contribution in [0.25, 0.3) is 0 Å². The average Bonchev–Trinajstić information content (AvgIpc) is 3.03. The number of aromatic amines is 1. The highest BCUT2D eigenvalue weighted by Gasteiger charge is 2.26. The quantitative estimate of drug-likeness (QED) is 0.845. The Morgan fingerprint density at radius 2 is 1.56 bits per heavy atom. The maximum Gasteiger partial charge on any atom is 0.257 e. The summed E-state index contributed by atoms with van der Waals surface area (Å²) in [5.74, 6) is -5.37. The van der Waals surface area contributed by atoms with E-state index >= 15 is 0 Å². The lowest BCUT2D eigenvalue weighted by molar-refractivity contribution is 0.0715. The Hall–Kier alpha value is -2.77. The first kappa shape index (κ1) is 17.1. The maximum absolute atomic E-state index is 13.8. The minimum absolute atomic E-state index is 0.158. The number of aromatic nitrogens is 1. The molecule has 1 aliphatic rings. The summed E-state index contributed by atoms with van der Waals surface area (Å²) in [6, 6.07) is 3.32. The Kier molecular flexibility index (Phi) is 4.78. The SMILES string of the molecule is O=C(c1cc[nH]c1)N1CCCN(C(=O)c2ccc(F)c(F)c2F)CC1. The summed E-state index contributed by atoms with van der Waals surface area (Å²) in [5.41, 5.74) is 0.00994. The zero-order valence-corrected chi connectivity index (χ0v) is 13.3. The highest BCUT2D eigenvalue weighted by atomic mass is 19.2. The molecule has 3 rings (SSSR count). The van der Waals surface area contributed by atoms with Crippen LogP contribution >= 0.6 is 0 Å². The second kappa shape index (κ2) is 7.00. The van der Waals surface area contributed by atoms with Crippen molar-refractivity contribution >= 4 is 11.8 Å². The monoisotopic (exact) mass is 351 g/mol. The van der Waals surface area contributed by atoms with E-state index < -0.39 is 28.9 Å². The first-order valence-electron chi connectivity index (χ1n) is 7.84. The first-order chi connectivity index (χ1) is 12.0. The summed E-state index contributed by atoms with van der Waals surface area (Å²) in [5, 5.41) is 0. The molecule has 5 nitrogen and oxygen atoms in total. The predicted molar refractivity (Wildman–Crippen MR) is 83.5 cm³/mol. The van der Waals surface area contributed by atoms with Gasteiger partial charge in [-0.1, -0.05) is 0 Å². The molecule has 1 saturated heterocycles. The molecule has 132 valence electrons. The van der Waals surface area contributed by atoms with E-state index in [1.54, 1.807) is 23.4 Å². The minimum Gasteiger partial charge on any atom is -0.367 e. The number of nitrogens with one attached hydrogen (secondary N) is 1. The van der Waals surface area contributed by atoms with Gasteiger partial charge in [-0.3, -0.25) is 9.59 Å². The fraction of sp³-hybridized carbons (Fsp3) is 0.294. The van der Waals surface area contributed by atoms with E-state index in [1.165, 1.54) is 4.90 Å². The fourth-order valence-corrected chi connectivity index (χ4v) is 2.82. The van der Waals surface area contributed by atoms with E-state index in [1.807, 2.05) is 0 Å². The standard InChI is InChI=1S/C17H16F3N3O2/c18-13-3-2-12(14(19)15(13)20)17(25)23-7-1-6-22(8-9-23)16(24)11-4-5-21-10-11/h2-5,10,21H,1,6-9H2. The first-order valence-corrected chi connectivity index (χ1v) is 7.84. The van der Waals surface area contributed by atoms with Crippen LogP contribution in [0.2, 0.25) is 0 Å². The molecule has 2 aromatic rings. The van der Waals surface area contributed by atoms with Gasteiger partial charge in [0.05, 0.1) is 11.1 Å². The van der Waals surface area contributed by atoms with E-state index in [0.717, 1.165) is 12.1 Å². The number of hydrogen-bond donors (Lipinski definition) is 1. The summed E-state index contributed by atoms with van der Waals surface area (Å²) < 4.78 is 40.2. The number of carbonyl (C=O) groups is 2. The Balaban J connectivity index is 1.72. The summed E-state index contributed by atoms with van der Waals surface area (Å²) in [7, 11) is 0. The Bertz CT molecular complexity index is 793. The van der Waals surface area contributed by atoms with Crippen LogP contribution < -0.4 is 0 Å². The van der Waals surface area contributed by atoms with E-state index in [0.29, 0.717) is 25.1 Å². The molecule has 8 heteroatoms. The molecule has 0 aliphatic carbocycles. The molecule has 0 unspecified atom stereocenters.